The Morgan fingerprint density at radius 1 is 1.47 bits per heavy atom. The molecule has 2 aromatic heterocycles. The summed E-state index contributed by atoms with van der Waals surface area (Å²) in [5, 5.41) is 9.66. The Hall–Kier alpha value is -1.59. The Balaban J connectivity index is 2.21. The van der Waals surface area contributed by atoms with E-state index < -0.39 is 0 Å². The second-order valence-corrected chi connectivity index (χ2v) is 4.45. The van der Waals surface area contributed by atoms with Crippen LogP contribution in [0.15, 0.2) is 29.0 Å². The molecule has 0 saturated heterocycles. The summed E-state index contributed by atoms with van der Waals surface area (Å²) in [6.45, 7) is 0. The average Bonchev–Trinajstić information content (AvgIpc) is 2.81. The molecule has 0 saturated carbocycles. The number of halogens is 1. The van der Waals surface area contributed by atoms with Gasteiger partial charge in [-0.05, 0) is 23.6 Å². The maximum atomic E-state index is 11.9. The molecule has 6 heteroatoms. The zero-order valence-corrected chi connectivity index (χ0v) is 10.6. The van der Waals surface area contributed by atoms with E-state index in [1.807, 2.05) is 16.8 Å². The van der Waals surface area contributed by atoms with Gasteiger partial charge in [-0.2, -0.15) is 11.3 Å². The molecule has 4 nitrogen and oxygen atoms in total. The van der Waals surface area contributed by atoms with Crippen LogP contribution in [0.1, 0.15) is 10.4 Å². The summed E-state index contributed by atoms with van der Waals surface area (Å²) >= 11 is 7.35. The topological polar surface area (TPSA) is 54.0 Å². The molecule has 0 aliphatic heterocycles. The van der Waals surface area contributed by atoms with Crippen molar-refractivity contribution < 1.29 is 4.79 Å². The molecule has 1 amide bonds. The minimum absolute atomic E-state index is 0.204. The van der Waals surface area contributed by atoms with E-state index in [0.717, 1.165) is 5.69 Å². The van der Waals surface area contributed by atoms with Crippen molar-refractivity contribution >= 4 is 40.4 Å². The van der Waals surface area contributed by atoms with Crippen molar-refractivity contribution in [3.05, 3.63) is 39.7 Å². The predicted octanol–water partition coefficient (Wildman–Crippen LogP) is 3.09. The molecule has 88 valence electrons. The number of anilines is 2. The van der Waals surface area contributed by atoms with Gasteiger partial charge in [0.2, 0.25) is 0 Å². The van der Waals surface area contributed by atoms with E-state index in [-0.39, 0.29) is 11.1 Å². The van der Waals surface area contributed by atoms with Crippen molar-refractivity contribution in [2.75, 3.05) is 17.7 Å². The van der Waals surface area contributed by atoms with Gasteiger partial charge in [0.25, 0.3) is 5.91 Å². The largest absolute Gasteiger partial charge is 0.373 e. The zero-order chi connectivity index (χ0) is 12.3. The van der Waals surface area contributed by atoms with Gasteiger partial charge in [0.05, 0.1) is 5.69 Å². The first-order valence-electron chi connectivity index (χ1n) is 4.88. The van der Waals surface area contributed by atoms with Crippen LogP contribution in [0.5, 0.6) is 0 Å². The highest BCUT2D eigenvalue weighted by molar-refractivity contribution is 7.08. The minimum atomic E-state index is -0.204. The number of hydrogen-bond donors (Lipinski definition) is 2. The molecular weight excluding hydrogens is 258 g/mol. The van der Waals surface area contributed by atoms with Crippen LogP contribution in [-0.4, -0.2) is 17.9 Å². The fourth-order valence-electron chi connectivity index (χ4n) is 1.29. The molecule has 2 rings (SSSR count). The molecule has 0 aliphatic carbocycles. The molecule has 17 heavy (non-hydrogen) atoms. The minimum Gasteiger partial charge on any atom is -0.373 e. The van der Waals surface area contributed by atoms with Crippen molar-refractivity contribution in [2.45, 2.75) is 0 Å². The second kappa shape index (κ2) is 5.16. The van der Waals surface area contributed by atoms with Gasteiger partial charge >= 0.3 is 0 Å². The lowest BCUT2D eigenvalue weighted by atomic mass is 10.2. The van der Waals surface area contributed by atoms with Crippen LogP contribution >= 0.6 is 22.9 Å². The standard InChI is InChI=1S/C11H10ClN3OS/c1-13-10-5-7(4-9(12)15-10)11(16)14-8-2-3-17-6-8/h2-6H,1H3,(H,13,15)(H,14,16). The molecule has 0 bridgehead atoms. The Labute approximate surface area is 108 Å². The third kappa shape index (κ3) is 2.95. The number of amides is 1. The van der Waals surface area contributed by atoms with E-state index >= 15 is 0 Å². The van der Waals surface area contributed by atoms with E-state index in [0.29, 0.717) is 11.4 Å². The zero-order valence-electron chi connectivity index (χ0n) is 9.03. The highest BCUT2D eigenvalue weighted by Gasteiger charge is 2.09. The molecule has 2 aromatic rings. The van der Waals surface area contributed by atoms with Crippen LogP contribution < -0.4 is 10.6 Å². The van der Waals surface area contributed by atoms with Crippen LogP contribution in [0.2, 0.25) is 5.15 Å². The first-order valence-corrected chi connectivity index (χ1v) is 6.20. The van der Waals surface area contributed by atoms with E-state index in [2.05, 4.69) is 15.6 Å². The van der Waals surface area contributed by atoms with Crippen molar-refractivity contribution in [2.24, 2.45) is 0 Å². The maximum Gasteiger partial charge on any atom is 0.255 e. The number of aromatic nitrogens is 1. The normalized spacial score (nSPS) is 10.0. The van der Waals surface area contributed by atoms with Gasteiger partial charge in [0.1, 0.15) is 11.0 Å². The Morgan fingerprint density at radius 2 is 2.29 bits per heavy atom. The van der Waals surface area contributed by atoms with Crippen molar-refractivity contribution in [3.63, 3.8) is 0 Å². The Morgan fingerprint density at radius 3 is 2.94 bits per heavy atom. The Bertz CT molecular complexity index is 528. The number of carbonyl (C=O) groups is 1. The van der Waals surface area contributed by atoms with Crippen LogP contribution in [-0.2, 0) is 0 Å². The van der Waals surface area contributed by atoms with Gasteiger partial charge < -0.3 is 10.6 Å². The van der Waals surface area contributed by atoms with Crippen LogP contribution in [0.3, 0.4) is 0 Å². The van der Waals surface area contributed by atoms with Gasteiger partial charge in [-0.25, -0.2) is 4.98 Å². The lowest BCUT2D eigenvalue weighted by Gasteiger charge is -2.05. The smallest absolute Gasteiger partial charge is 0.255 e. The lowest BCUT2D eigenvalue weighted by molar-refractivity contribution is 0.102. The second-order valence-electron chi connectivity index (χ2n) is 3.28. The molecule has 2 heterocycles. The SMILES string of the molecule is CNc1cc(C(=O)Nc2ccsc2)cc(Cl)n1. The molecule has 0 spiro atoms. The third-order valence-electron chi connectivity index (χ3n) is 2.09. The van der Waals surface area contributed by atoms with E-state index in [4.69, 9.17) is 11.6 Å². The number of thiophene rings is 1. The van der Waals surface area contributed by atoms with Crippen molar-refractivity contribution in [1.29, 1.82) is 0 Å². The lowest BCUT2D eigenvalue weighted by Crippen LogP contribution is -2.12. The highest BCUT2D eigenvalue weighted by Crippen LogP contribution is 2.17. The number of nitrogens with one attached hydrogen (secondary N) is 2. The van der Waals surface area contributed by atoms with Gasteiger partial charge in [-0.15, -0.1) is 0 Å². The monoisotopic (exact) mass is 267 g/mol. The summed E-state index contributed by atoms with van der Waals surface area (Å²) in [7, 11) is 1.72. The summed E-state index contributed by atoms with van der Waals surface area (Å²) in [6.07, 6.45) is 0. The number of pyridine rings is 1. The van der Waals surface area contributed by atoms with Crippen LogP contribution in [0, 0.1) is 0 Å². The molecular formula is C11H10ClN3OS. The van der Waals surface area contributed by atoms with Crippen molar-refractivity contribution in [1.82, 2.24) is 4.98 Å². The summed E-state index contributed by atoms with van der Waals surface area (Å²) in [5.74, 6) is 0.358. The maximum absolute atomic E-state index is 11.9. The quantitative estimate of drug-likeness (QED) is 0.841. The molecule has 2 N–H and O–H groups in total. The summed E-state index contributed by atoms with van der Waals surface area (Å²) < 4.78 is 0. The first kappa shape index (κ1) is 11.9. The van der Waals surface area contributed by atoms with E-state index in [1.165, 1.54) is 17.4 Å². The fraction of sp³-hybridized carbons (Fsp3) is 0.0909. The van der Waals surface area contributed by atoms with Gasteiger partial charge in [0, 0.05) is 18.0 Å². The van der Waals surface area contributed by atoms with Gasteiger partial charge in [-0.1, -0.05) is 11.6 Å². The number of rotatable bonds is 3. The average molecular weight is 268 g/mol. The highest BCUT2D eigenvalue weighted by atomic mass is 35.5. The van der Waals surface area contributed by atoms with Gasteiger partial charge in [0.15, 0.2) is 0 Å². The molecule has 0 aromatic carbocycles. The predicted molar refractivity (Wildman–Crippen MR) is 71.1 cm³/mol. The first-order chi connectivity index (χ1) is 8.19. The molecule has 0 fully saturated rings. The number of hydrogen-bond acceptors (Lipinski definition) is 4. The summed E-state index contributed by atoms with van der Waals surface area (Å²) in [6, 6.07) is 5.02. The summed E-state index contributed by atoms with van der Waals surface area (Å²) in [5.41, 5.74) is 1.25. The summed E-state index contributed by atoms with van der Waals surface area (Å²) in [4.78, 5) is 15.9. The van der Waals surface area contributed by atoms with Crippen LogP contribution in [0.4, 0.5) is 11.5 Å². The molecule has 0 radical (unpaired) electrons. The van der Waals surface area contributed by atoms with E-state index in [1.54, 1.807) is 13.1 Å². The third-order valence-corrected chi connectivity index (χ3v) is 2.97. The number of nitrogens with zero attached hydrogens (tertiary/aromatic N) is 1. The van der Waals surface area contributed by atoms with Gasteiger partial charge in [-0.3, -0.25) is 4.79 Å². The van der Waals surface area contributed by atoms with E-state index in [9.17, 15) is 4.79 Å². The molecule has 0 unspecified atom stereocenters. The van der Waals surface area contributed by atoms with Crippen LogP contribution in [0.25, 0.3) is 0 Å². The fourth-order valence-corrected chi connectivity index (χ4v) is 2.09. The van der Waals surface area contributed by atoms with Crippen molar-refractivity contribution in [3.8, 4) is 0 Å². The number of carbonyl (C=O) groups excluding carboxylic acids is 1. The molecule has 0 atom stereocenters. The Kier molecular flexibility index (Phi) is 3.61. The molecule has 0 aliphatic rings.